The van der Waals surface area contributed by atoms with E-state index in [1.54, 1.807) is 32.0 Å². The van der Waals surface area contributed by atoms with E-state index in [4.69, 9.17) is 0 Å². The summed E-state index contributed by atoms with van der Waals surface area (Å²) in [5, 5.41) is 17.9. The lowest BCUT2D eigenvalue weighted by atomic mass is 10.2. The average Bonchev–Trinajstić information content (AvgIpc) is 3.44. The number of thiazole rings is 1. The van der Waals surface area contributed by atoms with Gasteiger partial charge in [-0.1, -0.05) is 24.3 Å². The topological polar surface area (TPSA) is 132 Å². The van der Waals surface area contributed by atoms with Crippen molar-refractivity contribution in [3.05, 3.63) is 67.6 Å². The molecule has 3 N–H and O–H groups in total. The van der Waals surface area contributed by atoms with E-state index in [9.17, 15) is 19.6 Å². The molecule has 0 spiro atoms. The maximum Gasteiger partial charge on any atom is 0.270 e. The molecule has 1 aromatic carbocycles. The fourth-order valence-electron chi connectivity index (χ4n) is 4.09. The zero-order chi connectivity index (χ0) is 26.4. The molecule has 37 heavy (non-hydrogen) atoms. The summed E-state index contributed by atoms with van der Waals surface area (Å²) in [4.78, 5) is 44.3. The van der Waals surface area contributed by atoms with Gasteiger partial charge in [0.05, 0.1) is 6.54 Å². The number of pyridine rings is 1. The second kappa shape index (κ2) is 11.5. The molecular formula is C26H27N7O3S. The molecule has 0 atom stereocenters. The van der Waals surface area contributed by atoms with E-state index in [-0.39, 0.29) is 23.6 Å². The van der Waals surface area contributed by atoms with Crippen molar-refractivity contribution in [3.8, 4) is 6.07 Å². The number of hydrogen-bond acceptors (Lipinski definition) is 8. The average molecular weight is 518 g/mol. The van der Waals surface area contributed by atoms with Crippen LogP contribution in [0.5, 0.6) is 0 Å². The van der Waals surface area contributed by atoms with Gasteiger partial charge in [0.25, 0.3) is 11.5 Å². The van der Waals surface area contributed by atoms with Crippen LogP contribution in [0.4, 0.5) is 17.3 Å². The molecule has 0 fully saturated rings. The summed E-state index contributed by atoms with van der Waals surface area (Å²) in [6.45, 7) is 5.23. The molecule has 10 nitrogen and oxygen atoms in total. The third kappa shape index (κ3) is 5.70. The second-order valence-corrected chi connectivity index (χ2v) is 9.24. The van der Waals surface area contributed by atoms with E-state index in [1.807, 2.05) is 29.2 Å². The Labute approximate surface area is 217 Å². The summed E-state index contributed by atoms with van der Waals surface area (Å²) in [5.41, 5.74) is 1.89. The number of nitrogens with one attached hydrogen (secondary N) is 3. The summed E-state index contributed by atoms with van der Waals surface area (Å²) in [7, 11) is 0. The Hall–Kier alpha value is -4.43. The lowest BCUT2D eigenvalue weighted by molar-refractivity contribution is -0.116. The van der Waals surface area contributed by atoms with E-state index in [1.165, 1.54) is 16.3 Å². The van der Waals surface area contributed by atoms with Crippen molar-refractivity contribution in [2.45, 2.75) is 26.8 Å². The fourth-order valence-corrected chi connectivity index (χ4v) is 5.17. The van der Waals surface area contributed by atoms with E-state index in [0.29, 0.717) is 33.9 Å². The summed E-state index contributed by atoms with van der Waals surface area (Å²) in [6, 6.07) is 15.1. The number of nitrogens with zero attached hydrogens (tertiary/aromatic N) is 4. The minimum absolute atomic E-state index is 0.103. The molecule has 2 aromatic heterocycles. The van der Waals surface area contributed by atoms with Gasteiger partial charge in [-0.2, -0.15) is 5.26 Å². The van der Waals surface area contributed by atoms with Crippen LogP contribution in [0.1, 0.15) is 19.4 Å². The first-order valence-corrected chi connectivity index (χ1v) is 12.8. The van der Waals surface area contributed by atoms with Crippen molar-refractivity contribution in [1.29, 1.82) is 5.26 Å². The van der Waals surface area contributed by atoms with Crippen molar-refractivity contribution in [2.24, 2.45) is 0 Å². The molecule has 1 aliphatic heterocycles. The smallest absolute Gasteiger partial charge is 0.270 e. The molecule has 0 saturated carbocycles. The van der Waals surface area contributed by atoms with Gasteiger partial charge in [0, 0.05) is 31.5 Å². The number of hydrogen-bond donors (Lipinski definition) is 3. The van der Waals surface area contributed by atoms with Crippen molar-refractivity contribution in [3.63, 3.8) is 0 Å². The van der Waals surface area contributed by atoms with Crippen LogP contribution < -0.4 is 35.6 Å². The minimum Gasteiger partial charge on any atom is -0.362 e. The number of aromatic nitrogens is 2. The molecule has 0 saturated heterocycles. The Morgan fingerprint density at radius 1 is 1.16 bits per heavy atom. The SMILES string of the molecule is CCNC(=O)/C(C#N)=c1\s/c(=C/Nc2cccc(NC(=O)CN3CCc4ccccc43)n2)c(=O)n1CC. The number of carbonyl (C=O) groups excluding carboxylic acids is 2. The predicted octanol–water partition coefficient (Wildman–Crippen LogP) is 0.986. The van der Waals surface area contributed by atoms with Crippen LogP contribution in [0.15, 0.2) is 47.3 Å². The van der Waals surface area contributed by atoms with Gasteiger partial charge in [0.2, 0.25) is 5.91 Å². The van der Waals surface area contributed by atoms with Crippen LogP contribution in [0.2, 0.25) is 0 Å². The first-order valence-electron chi connectivity index (χ1n) is 11.9. The number of para-hydroxylation sites is 1. The fraction of sp³-hybridized carbons (Fsp3) is 0.269. The molecule has 190 valence electrons. The van der Waals surface area contributed by atoms with Crippen LogP contribution in [0.25, 0.3) is 11.8 Å². The number of carbonyl (C=O) groups is 2. The van der Waals surface area contributed by atoms with Gasteiger partial charge in [0.15, 0.2) is 5.57 Å². The third-order valence-electron chi connectivity index (χ3n) is 5.80. The third-order valence-corrected chi connectivity index (χ3v) is 6.93. The molecule has 3 aromatic rings. The molecule has 4 rings (SSSR count). The Bertz CT molecular complexity index is 1550. The maximum atomic E-state index is 12.9. The zero-order valence-electron chi connectivity index (χ0n) is 20.6. The molecule has 0 aliphatic carbocycles. The molecule has 0 bridgehead atoms. The Kier molecular flexibility index (Phi) is 8.00. The quantitative estimate of drug-likeness (QED) is 0.406. The highest BCUT2D eigenvalue weighted by molar-refractivity contribution is 7.07. The molecule has 2 amide bonds. The number of anilines is 3. The Morgan fingerprint density at radius 2 is 1.95 bits per heavy atom. The Balaban J connectivity index is 1.51. The van der Waals surface area contributed by atoms with Gasteiger partial charge in [-0.3, -0.25) is 19.0 Å². The first-order chi connectivity index (χ1) is 17.9. The van der Waals surface area contributed by atoms with Crippen molar-refractivity contribution in [1.82, 2.24) is 14.9 Å². The number of fused-ring (bicyclic) bond motifs is 1. The highest BCUT2D eigenvalue weighted by atomic mass is 32.1. The molecule has 1 aliphatic rings. The predicted molar refractivity (Wildman–Crippen MR) is 145 cm³/mol. The summed E-state index contributed by atoms with van der Waals surface area (Å²) in [6.07, 6.45) is 2.41. The molecule has 11 heteroatoms. The molecule has 0 unspecified atom stereocenters. The molecule has 0 radical (unpaired) electrons. The summed E-state index contributed by atoms with van der Waals surface area (Å²) >= 11 is 1.05. The van der Waals surface area contributed by atoms with Crippen molar-refractivity contribution < 1.29 is 9.59 Å². The Morgan fingerprint density at radius 3 is 2.70 bits per heavy atom. The van der Waals surface area contributed by atoms with Gasteiger partial charge in [-0.05, 0) is 44.0 Å². The van der Waals surface area contributed by atoms with E-state index in [0.717, 1.165) is 30.0 Å². The number of nitriles is 1. The van der Waals surface area contributed by atoms with Gasteiger partial charge < -0.3 is 20.9 Å². The number of amides is 2. The van der Waals surface area contributed by atoms with E-state index in [2.05, 4.69) is 27.0 Å². The lowest BCUT2D eigenvalue weighted by Gasteiger charge is -2.18. The number of benzene rings is 1. The van der Waals surface area contributed by atoms with E-state index >= 15 is 0 Å². The monoisotopic (exact) mass is 517 g/mol. The van der Waals surface area contributed by atoms with E-state index < -0.39 is 5.91 Å². The van der Waals surface area contributed by atoms with Crippen LogP contribution >= 0.6 is 11.3 Å². The first kappa shape index (κ1) is 25.7. The van der Waals surface area contributed by atoms with Crippen LogP contribution in [0.3, 0.4) is 0 Å². The normalized spacial score (nSPS) is 13.5. The standard InChI is InChI=1S/C26H27N7O3S/c1-3-28-24(35)18(14-27)26-33(4-2)25(36)20(37-26)15-29-21-10-7-11-22(30-21)31-23(34)16-32-13-12-17-8-5-6-9-19(17)32/h5-11,15H,3-4,12-13,16H2,1-2H3,(H,28,35)(H2,29,30,31,34)/b20-15+,26-18-. The zero-order valence-corrected chi connectivity index (χ0v) is 21.4. The van der Waals surface area contributed by atoms with Gasteiger partial charge in [-0.25, -0.2) is 4.98 Å². The largest absolute Gasteiger partial charge is 0.362 e. The summed E-state index contributed by atoms with van der Waals surface area (Å²) in [5.74, 6) is 0.111. The number of rotatable bonds is 8. The van der Waals surface area contributed by atoms with Gasteiger partial charge in [0.1, 0.15) is 26.9 Å². The van der Waals surface area contributed by atoms with Crippen LogP contribution in [-0.2, 0) is 22.6 Å². The van der Waals surface area contributed by atoms with Gasteiger partial charge >= 0.3 is 0 Å². The maximum absolute atomic E-state index is 12.9. The molecular weight excluding hydrogens is 490 g/mol. The van der Waals surface area contributed by atoms with Crippen LogP contribution in [-0.4, -0.2) is 41.0 Å². The van der Waals surface area contributed by atoms with Crippen molar-refractivity contribution >= 4 is 52.2 Å². The molecule has 3 heterocycles. The minimum atomic E-state index is -0.518. The highest BCUT2D eigenvalue weighted by Crippen LogP contribution is 2.27. The highest BCUT2D eigenvalue weighted by Gasteiger charge is 2.20. The lowest BCUT2D eigenvalue weighted by Crippen LogP contribution is -2.34. The van der Waals surface area contributed by atoms with Crippen LogP contribution in [0, 0.1) is 11.3 Å². The summed E-state index contributed by atoms with van der Waals surface area (Å²) < 4.78 is 2.01. The van der Waals surface area contributed by atoms with Gasteiger partial charge in [-0.15, -0.1) is 11.3 Å². The second-order valence-electron chi connectivity index (χ2n) is 8.21. The van der Waals surface area contributed by atoms with Crippen molar-refractivity contribution in [2.75, 3.05) is 35.2 Å².